The van der Waals surface area contributed by atoms with Gasteiger partial charge >= 0.3 is 5.97 Å². The Labute approximate surface area is 254 Å². The molecule has 0 unspecified atom stereocenters. The maximum atomic E-state index is 13.4. The monoisotopic (exact) mass is 601 g/mol. The van der Waals surface area contributed by atoms with Gasteiger partial charge in [-0.1, -0.05) is 11.6 Å². The number of hydrogen-bond acceptors (Lipinski definition) is 9. The third-order valence-electron chi connectivity index (χ3n) is 8.74. The molecule has 10 nitrogen and oxygen atoms in total. The first-order valence-electron chi connectivity index (χ1n) is 14.7. The zero-order valence-corrected chi connectivity index (χ0v) is 25.1. The van der Waals surface area contributed by atoms with Gasteiger partial charge in [0.15, 0.2) is 6.29 Å². The molecule has 0 spiro atoms. The number of Topliss-reactive ketones (excluding diaryl/α,β-unsaturated/α-hetero) is 1. The van der Waals surface area contributed by atoms with Crippen molar-refractivity contribution in [1.82, 2.24) is 4.98 Å². The summed E-state index contributed by atoms with van der Waals surface area (Å²) in [4.78, 5) is 42.6. The van der Waals surface area contributed by atoms with Gasteiger partial charge in [0, 0.05) is 41.6 Å². The zero-order chi connectivity index (χ0) is 31.3. The van der Waals surface area contributed by atoms with Gasteiger partial charge in [-0.25, -0.2) is 4.79 Å². The van der Waals surface area contributed by atoms with Crippen LogP contribution in [0.5, 0.6) is 17.2 Å². The average molecular weight is 602 g/mol. The summed E-state index contributed by atoms with van der Waals surface area (Å²) in [5, 5.41) is 22.4. The van der Waals surface area contributed by atoms with Crippen LogP contribution in [0.4, 0.5) is 0 Å². The van der Waals surface area contributed by atoms with Gasteiger partial charge in [0.05, 0.1) is 42.6 Å². The molecule has 2 atom stereocenters. The number of carbonyl (C=O) groups excluding carboxylic acids is 3. The number of fused-ring (bicyclic) bond motifs is 3. The van der Waals surface area contributed by atoms with Crippen molar-refractivity contribution in [1.29, 1.82) is 0 Å². The van der Waals surface area contributed by atoms with Crippen LogP contribution < -0.4 is 14.2 Å². The fourth-order valence-corrected chi connectivity index (χ4v) is 6.56. The molecule has 0 radical (unpaired) electrons. The van der Waals surface area contributed by atoms with Crippen LogP contribution in [0.1, 0.15) is 68.2 Å². The first-order valence-corrected chi connectivity index (χ1v) is 14.7. The van der Waals surface area contributed by atoms with E-state index < -0.39 is 30.2 Å². The van der Waals surface area contributed by atoms with E-state index in [1.807, 2.05) is 30.5 Å². The highest BCUT2D eigenvalue weighted by Crippen LogP contribution is 2.56. The summed E-state index contributed by atoms with van der Waals surface area (Å²) in [5.74, 6) is -0.780. The number of nitrogens with one attached hydrogen (secondary N) is 1. The van der Waals surface area contributed by atoms with Gasteiger partial charge in [-0.2, -0.15) is 0 Å². The molecule has 2 aliphatic heterocycles. The Morgan fingerprint density at radius 1 is 1.18 bits per heavy atom. The van der Waals surface area contributed by atoms with E-state index in [2.05, 4.69) is 4.98 Å². The molecule has 1 aliphatic carbocycles. The fourth-order valence-electron chi connectivity index (χ4n) is 6.56. The fraction of sp³-hybridized carbons (Fsp3) is 0.382. The molecule has 6 rings (SSSR count). The van der Waals surface area contributed by atoms with Gasteiger partial charge in [-0.15, -0.1) is 0 Å². The van der Waals surface area contributed by atoms with Gasteiger partial charge in [0.1, 0.15) is 29.1 Å². The SMILES string of the molecule is CCOC(=O)C1=C(C=O)/C(=C2\CCC(=O)[C@@H](c3ccc4[nH]ccc4c3)C2)c2c(OC)c3c(c(CO)c2O1)O[C@H](C(C)(C)O)C3. The van der Waals surface area contributed by atoms with Crippen LogP contribution in [0.3, 0.4) is 0 Å². The lowest BCUT2D eigenvalue weighted by molar-refractivity contribution is -0.141. The summed E-state index contributed by atoms with van der Waals surface area (Å²) in [6.07, 6.45) is 2.91. The summed E-state index contributed by atoms with van der Waals surface area (Å²) < 4.78 is 23.5. The highest BCUT2D eigenvalue weighted by molar-refractivity contribution is 6.11. The Balaban J connectivity index is 1.60. The van der Waals surface area contributed by atoms with Crippen LogP contribution in [-0.4, -0.2) is 58.7 Å². The smallest absolute Gasteiger partial charge is 0.375 e. The Bertz CT molecular complexity index is 1750. The molecule has 3 aromatic rings. The number of rotatable bonds is 7. The van der Waals surface area contributed by atoms with E-state index in [-0.39, 0.29) is 47.9 Å². The first-order chi connectivity index (χ1) is 21.1. The molecule has 3 heterocycles. The minimum atomic E-state index is -1.22. The molecular formula is C34H35NO9. The quantitative estimate of drug-likeness (QED) is 0.264. The van der Waals surface area contributed by atoms with E-state index in [4.69, 9.17) is 18.9 Å². The number of carbonyl (C=O) groups is 3. The number of aliphatic hydroxyl groups is 2. The second-order valence-corrected chi connectivity index (χ2v) is 11.9. The number of hydrogen-bond donors (Lipinski definition) is 3. The van der Waals surface area contributed by atoms with E-state index in [1.165, 1.54) is 7.11 Å². The number of aromatic nitrogens is 1. The highest BCUT2D eigenvalue weighted by Gasteiger charge is 2.44. The van der Waals surface area contributed by atoms with Crippen molar-refractivity contribution in [3.8, 4) is 17.2 Å². The number of H-pyrrole nitrogens is 1. The lowest BCUT2D eigenvalue weighted by Gasteiger charge is -2.32. The number of ketones is 1. The number of allylic oxidation sites excluding steroid dienone is 3. The summed E-state index contributed by atoms with van der Waals surface area (Å²) in [6, 6.07) is 7.81. The van der Waals surface area contributed by atoms with Crippen LogP contribution in [0, 0.1) is 0 Å². The van der Waals surface area contributed by atoms with Crippen LogP contribution in [0.2, 0.25) is 0 Å². The van der Waals surface area contributed by atoms with Crippen molar-refractivity contribution < 1.29 is 43.5 Å². The molecule has 3 N–H and O–H groups in total. The summed E-state index contributed by atoms with van der Waals surface area (Å²) in [7, 11) is 1.48. The Kier molecular flexibility index (Phi) is 7.59. The predicted octanol–water partition coefficient (Wildman–Crippen LogP) is 4.44. The van der Waals surface area contributed by atoms with Gasteiger partial charge in [0.25, 0.3) is 0 Å². The standard InChI is InChI=1S/C34H35NO9/c1-5-42-33(39)32-22(15-36)27(19-7-9-25(38)20(13-19)17-6-8-24-18(12-17)10-11-35-24)28-30(41-4)21-14-26(34(2,3)40)43-29(21)23(16-37)31(28)44-32/h6,8,10-12,15,20,26,35,37,40H,5,7,9,13-14,16H2,1-4H3/b27-19-/t20-,26+/m1/s1. The number of aliphatic hydroxyl groups excluding tert-OH is 1. The number of aromatic amines is 1. The van der Waals surface area contributed by atoms with Crippen LogP contribution in [0.25, 0.3) is 16.5 Å². The van der Waals surface area contributed by atoms with Crippen LogP contribution >= 0.6 is 0 Å². The normalized spacial score (nSPS) is 21.5. The van der Waals surface area contributed by atoms with Gasteiger partial charge in [-0.05, 0) is 62.8 Å². The Morgan fingerprint density at radius 2 is 1.98 bits per heavy atom. The molecule has 0 amide bonds. The average Bonchev–Trinajstić information content (AvgIpc) is 3.67. The Hall–Kier alpha value is -4.41. The lowest BCUT2D eigenvalue weighted by atomic mass is 9.75. The van der Waals surface area contributed by atoms with Gasteiger partial charge in [-0.3, -0.25) is 9.59 Å². The van der Waals surface area contributed by atoms with E-state index in [0.29, 0.717) is 47.3 Å². The van der Waals surface area contributed by atoms with Gasteiger partial charge < -0.3 is 34.1 Å². The van der Waals surface area contributed by atoms with Crippen molar-refractivity contribution in [2.45, 2.75) is 70.7 Å². The Morgan fingerprint density at radius 3 is 2.66 bits per heavy atom. The molecule has 1 aromatic heterocycles. The van der Waals surface area contributed by atoms with Gasteiger partial charge in [0.2, 0.25) is 5.76 Å². The molecule has 1 fully saturated rings. The third-order valence-corrected chi connectivity index (χ3v) is 8.74. The van der Waals surface area contributed by atoms with E-state index in [9.17, 15) is 24.6 Å². The summed E-state index contributed by atoms with van der Waals surface area (Å²) in [5.41, 5.74) is 3.04. The van der Waals surface area contributed by atoms with Crippen molar-refractivity contribution >= 4 is 34.5 Å². The van der Waals surface area contributed by atoms with E-state index >= 15 is 0 Å². The molecule has 0 bridgehead atoms. The number of aldehydes is 1. The summed E-state index contributed by atoms with van der Waals surface area (Å²) in [6.45, 7) is 4.44. The second kappa shape index (κ2) is 11.3. The highest BCUT2D eigenvalue weighted by atomic mass is 16.6. The van der Waals surface area contributed by atoms with Crippen molar-refractivity contribution in [2.24, 2.45) is 0 Å². The minimum Gasteiger partial charge on any atom is -0.496 e. The van der Waals surface area contributed by atoms with Crippen molar-refractivity contribution in [2.75, 3.05) is 13.7 Å². The second-order valence-electron chi connectivity index (χ2n) is 11.9. The molecule has 10 heteroatoms. The maximum Gasteiger partial charge on any atom is 0.375 e. The number of methoxy groups -OCH3 is 1. The summed E-state index contributed by atoms with van der Waals surface area (Å²) >= 11 is 0. The number of benzene rings is 2. The van der Waals surface area contributed by atoms with Crippen molar-refractivity contribution in [3.63, 3.8) is 0 Å². The number of esters is 1. The topological polar surface area (TPSA) is 144 Å². The predicted molar refractivity (Wildman–Crippen MR) is 161 cm³/mol. The third kappa shape index (κ3) is 4.78. The largest absolute Gasteiger partial charge is 0.496 e. The molecule has 1 saturated carbocycles. The van der Waals surface area contributed by atoms with Crippen molar-refractivity contribution in [3.05, 3.63) is 69.6 Å². The number of ether oxygens (including phenoxy) is 4. The van der Waals surface area contributed by atoms with E-state index in [0.717, 1.165) is 22.0 Å². The molecule has 230 valence electrons. The molecule has 2 aromatic carbocycles. The lowest BCUT2D eigenvalue weighted by Crippen LogP contribution is -2.39. The maximum absolute atomic E-state index is 13.4. The van der Waals surface area contributed by atoms with Crippen LogP contribution in [-0.2, 0) is 32.1 Å². The first kappa shape index (κ1) is 29.7. The van der Waals surface area contributed by atoms with E-state index in [1.54, 1.807) is 20.8 Å². The molecule has 44 heavy (non-hydrogen) atoms. The zero-order valence-electron chi connectivity index (χ0n) is 25.1. The molecular weight excluding hydrogens is 566 g/mol. The molecule has 3 aliphatic rings. The molecule has 0 saturated heterocycles. The minimum absolute atomic E-state index is 0.0137. The van der Waals surface area contributed by atoms with Crippen LogP contribution in [0.15, 0.2) is 47.4 Å².